The minimum Gasteiger partial charge on any atom is -0.320 e. The fourth-order valence-electron chi connectivity index (χ4n) is 2.29. The summed E-state index contributed by atoms with van der Waals surface area (Å²) in [5.41, 5.74) is 8.90. The van der Waals surface area contributed by atoms with E-state index in [0.29, 0.717) is 11.1 Å². The van der Waals surface area contributed by atoms with Crippen molar-refractivity contribution in [1.82, 2.24) is 0 Å². The summed E-state index contributed by atoms with van der Waals surface area (Å²) in [5.74, 6) is -1.16. The molecule has 2 N–H and O–H groups in total. The van der Waals surface area contributed by atoms with Crippen LogP contribution in [0.15, 0.2) is 36.4 Å². The van der Waals surface area contributed by atoms with Gasteiger partial charge in [-0.05, 0) is 35.1 Å². The van der Waals surface area contributed by atoms with Crippen LogP contribution in [-0.4, -0.2) is 0 Å². The van der Waals surface area contributed by atoms with Crippen LogP contribution in [0.4, 0.5) is 8.78 Å². The molecule has 0 aliphatic heterocycles. The molecule has 0 aliphatic carbocycles. The molecule has 0 radical (unpaired) electrons. The van der Waals surface area contributed by atoms with Crippen LogP contribution in [0.5, 0.6) is 0 Å². The van der Waals surface area contributed by atoms with Gasteiger partial charge in [0.15, 0.2) is 0 Å². The minimum absolute atomic E-state index is 0.0559. The van der Waals surface area contributed by atoms with Crippen LogP contribution in [0, 0.1) is 18.6 Å². The standard InChI is InChI=1S/C18H21F2N/c1-11-9-14(16(20)10-15(11)19)17(21)12-5-7-13(8-6-12)18(2,3)4/h5-10,17H,21H2,1-4H3. The lowest BCUT2D eigenvalue weighted by Crippen LogP contribution is -2.16. The maximum absolute atomic E-state index is 13.9. The first-order valence-electron chi connectivity index (χ1n) is 7.01. The van der Waals surface area contributed by atoms with E-state index in [1.165, 1.54) is 11.6 Å². The molecule has 0 amide bonds. The van der Waals surface area contributed by atoms with E-state index in [1.54, 1.807) is 6.92 Å². The number of benzene rings is 2. The predicted octanol–water partition coefficient (Wildman–Crippen LogP) is 4.62. The lowest BCUT2D eigenvalue weighted by Gasteiger charge is -2.20. The van der Waals surface area contributed by atoms with Crippen molar-refractivity contribution in [3.05, 3.63) is 70.3 Å². The summed E-state index contributed by atoms with van der Waals surface area (Å²) in [6.07, 6.45) is 0. The van der Waals surface area contributed by atoms with Gasteiger partial charge in [0.25, 0.3) is 0 Å². The third kappa shape index (κ3) is 3.30. The van der Waals surface area contributed by atoms with Crippen LogP contribution >= 0.6 is 0 Å². The number of hydrogen-bond donors (Lipinski definition) is 1. The summed E-state index contributed by atoms with van der Waals surface area (Å²) in [6, 6.07) is 9.60. The second-order valence-corrected chi connectivity index (χ2v) is 6.47. The van der Waals surface area contributed by atoms with E-state index in [4.69, 9.17) is 5.73 Å². The van der Waals surface area contributed by atoms with Gasteiger partial charge in [-0.3, -0.25) is 0 Å². The molecule has 3 heteroatoms. The lowest BCUT2D eigenvalue weighted by molar-refractivity contribution is 0.560. The Balaban J connectivity index is 2.36. The van der Waals surface area contributed by atoms with Gasteiger partial charge in [0.2, 0.25) is 0 Å². The molecule has 0 aliphatic rings. The van der Waals surface area contributed by atoms with Crippen LogP contribution in [0.2, 0.25) is 0 Å². The van der Waals surface area contributed by atoms with Crippen molar-refractivity contribution in [3.63, 3.8) is 0 Å². The average molecular weight is 289 g/mol. The maximum atomic E-state index is 13.9. The zero-order chi connectivity index (χ0) is 15.8. The number of halogens is 2. The van der Waals surface area contributed by atoms with Crippen molar-refractivity contribution < 1.29 is 8.78 Å². The van der Waals surface area contributed by atoms with Gasteiger partial charge < -0.3 is 5.73 Å². The molecule has 1 atom stereocenters. The SMILES string of the molecule is Cc1cc(C(N)c2ccc(C(C)(C)C)cc2)c(F)cc1F. The molecule has 0 spiro atoms. The largest absolute Gasteiger partial charge is 0.320 e. The average Bonchev–Trinajstić information content (AvgIpc) is 2.41. The van der Waals surface area contributed by atoms with Gasteiger partial charge in [0, 0.05) is 11.6 Å². The van der Waals surface area contributed by atoms with Crippen LogP contribution in [0.1, 0.15) is 49.1 Å². The maximum Gasteiger partial charge on any atom is 0.131 e. The smallest absolute Gasteiger partial charge is 0.131 e. The summed E-state index contributed by atoms with van der Waals surface area (Å²) in [5, 5.41) is 0. The van der Waals surface area contributed by atoms with Crippen LogP contribution in [-0.2, 0) is 5.41 Å². The third-order valence-electron chi connectivity index (χ3n) is 3.75. The molecule has 0 saturated carbocycles. The molecule has 2 rings (SSSR count). The number of hydrogen-bond acceptors (Lipinski definition) is 1. The van der Waals surface area contributed by atoms with E-state index in [9.17, 15) is 8.78 Å². The molecule has 0 saturated heterocycles. The molecule has 0 aromatic heterocycles. The van der Waals surface area contributed by atoms with Crippen molar-refractivity contribution in [2.24, 2.45) is 5.73 Å². The monoisotopic (exact) mass is 289 g/mol. The van der Waals surface area contributed by atoms with Gasteiger partial charge in [0.1, 0.15) is 11.6 Å². The fourth-order valence-corrected chi connectivity index (χ4v) is 2.29. The summed E-state index contributed by atoms with van der Waals surface area (Å²) >= 11 is 0. The van der Waals surface area contributed by atoms with Crippen LogP contribution in [0.3, 0.4) is 0 Å². The molecule has 112 valence electrons. The Morgan fingerprint density at radius 1 is 0.952 bits per heavy atom. The van der Waals surface area contributed by atoms with E-state index in [2.05, 4.69) is 20.8 Å². The predicted molar refractivity (Wildman–Crippen MR) is 82.3 cm³/mol. The van der Waals surface area contributed by atoms with Gasteiger partial charge in [-0.1, -0.05) is 45.0 Å². The molecular formula is C18H21F2N. The van der Waals surface area contributed by atoms with Crippen molar-refractivity contribution in [1.29, 1.82) is 0 Å². The van der Waals surface area contributed by atoms with E-state index in [1.807, 2.05) is 24.3 Å². The van der Waals surface area contributed by atoms with E-state index >= 15 is 0 Å². The van der Waals surface area contributed by atoms with Crippen LogP contribution < -0.4 is 5.73 Å². The zero-order valence-corrected chi connectivity index (χ0v) is 12.9. The summed E-state index contributed by atoms with van der Waals surface area (Å²) in [7, 11) is 0. The number of rotatable bonds is 2. The van der Waals surface area contributed by atoms with Crippen molar-refractivity contribution in [2.75, 3.05) is 0 Å². The molecule has 1 unspecified atom stereocenters. The van der Waals surface area contributed by atoms with Gasteiger partial charge in [-0.2, -0.15) is 0 Å². The molecule has 0 fully saturated rings. The zero-order valence-electron chi connectivity index (χ0n) is 12.9. The summed E-state index contributed by atoms with van der Waals surface area (Å²) in [4.78, 5) is 0. The highest BCUT2D eigenvalue weighted by Crippen LogP contribution is 2.27. The Hall–Kier alpha value is -1.74. The Bertz CT molecular complexity index is 640. The van der Waals surface area contributed by atoms with Gasteiger partial charge in [-0.25, -0.2) is 8.78 Å². The summed E-state index contributed by atoms with van der Waals surface area (Å²) in [6.45, 7) is 7.99. The summed E-state index contributed by atoms with van der Waals surface area (Å²) < 4.78 is 27.2. The Labute approximate surface area is 124 Å². The Morgan fingerprint density at radius 2 is 1.52 bits per heavy atom. The van der Waals surface area contributed by atoms with Crippen LogP contribution in [0.25, 0.3) is 0 Å². The molecule has 1 nitrogen and oxygen atoms in total. The highest BCUT2D eigenvalue weighted by molar-refractivity contribution is 5.37. The topological polar surface area (TPSA) is 26.0 Å². The molecule has 2 aromatic carbocycles. The molecule has 21 heavy (non-hydrogen) atoms. The van der Waals surface area contributed by atoms with Crippen molar-refractivity contribution in [2.45, 2.75) is 39.2 Å². The number of aryl methyl sites for hydroxylation is 1. The van der Waals surface area contributed by atoms with E-state index in [0.717, 1.165) is 11.6 Å². The first-order chi connectivity index (χ1) is 9.70. The van der Waals surface area contributed by atoms with Crippen molar-refractivity contribution >= 4 is 0 Å². The molecule has 2 aromatic rings. The van der Waals surface area contributed by atoms with E-state index < -0.39 is 17.7 Å². The van der Waals surface area contributed by atoms with E-state index in [-0.39, 0.29) is 5.41 Å². The van der Waals surface area contributed by atoms with Crippen molar-refractivity contribution in [3.8, 4) is 0 Å². The quantitative estimate of drug-likeness (QED) is 0.857. The molecule has 0 bridgehead atoms. The Kier molecular flexibility index (Phi) is 4.15. The Morgan fingerprint density at radius 3 is 2.05 bits per heavy atom. The second-order valence-electron chi connectivity index (χ2n) is 6.47. The molecule has 0 heterocycles. The number of nitrogens with two attached hydrogens (primary N) is 1. The third-order valence-corrected chi connectivity index (χ3v) is 3.75. The molecular weight excluding hydrogens is 268 g/mol. The lowest BCUT2D eigenvalue weighted by atomic mass is 9.86. The minimum atomic E-state index is -0.606. The van der Waals surface area contributed by atoms with Gasteiger partial charge in [-0.15, -0.1) is 0 Å². The first-order valence-corrected chi connectivity index (χ1v) is 7.01. The second kappa shape index (κ2) is 5.57. The van der Waals surface area contributed by atoms with Gasteiger partial charge >= 0.3 is 0 Å². The first kappa shape index (κ1) is 15.6. The highest BCUT2D eigenvalue weighted by Gasteiger charge is 2.18. The highest BCUT2D eigenvalue weighted by atomic mass is 19.1. The fraction of sp³-hybridized carbons (Fsp3) is 0.333. The van der Waals surface area contributed by atoms with Gasteiger partial charge in [0.05, 0.1) is 6.04 Å². The normalized spacial score (nSPS) is 13.3.